The number of para-hydroxylation sites is 1. The van der Waals surface area contributed by atoms with Crippen molar-refractivity contribution in [3.8, 4) is 17.1 Å². The van der Waals surface area contributed by atoms with Crippen LogP contribution in [0.5, 0.6) is 5.75 Å². The number of hydrogen-bond acceptors (Lipinski definition) is 8. The summed E-state index contributed by atoms with van der Waals surface area (Å²) in [6, 6.07) is 8.37. The molecule has 0 spiro atoms. The first-order valence-corrected chi connectivity index (χ1v) is 9.53. The molecule has 0 unspecified atom stereocenters. The summed E-state index contributed by atoms with van der Waals surface area (Å²) in [4.78, 5) is 24.8. The minimum absolute atomic E-state index is 0.0705. The lowest BCUT2D eigenvalue weighted by molar-refractivity contribution is -0.117. The van der Waals surface area contributed by atoms with E-state index in [-0.39, 0.29) is 29.0 Å². The minimum atomic E-state index is -2.73. The summed E-state index contributed by atoms with van der Waals surface area (Å²) in [6.07, 6.45) is 1.60. The van der Waals surface area contributed by atoms with Gasteiger partial charge >= 0.3 is 0 Å². The van der Waals surface area contributed by atoms with Crippen LogP contribution in [0.3, 0.4) is 0 Å². The summed E-state index contributed by atoms with van der Waals surface area (Å²) in [5.41, 5.74) is 1.57. The van der Waals surface area contributed by atoms with Gasteiger partial charge in [-0.3, -0.25) is 9.59 Å². The quantitative estimate of drug-likeness (QED) is 0.527. The molecule has 2 aromatic heterocycles. The number of anilines is 3. The van der Waals surface area contributed by atoms with E-state index in [4.69, 9.17) is 13.4 Å². The first-order valence-electron chi connectivity index (χ1n) is 11.0. The highest BCUT2D eigenvalue weighted by Gasteiger charge is 2.30. The van der Waals surface area contributed by atoms with Crippen molar-refractivity contribution in [2.24, 2.45) is 5.92 Å². The molecule has 3 N–H and O–H groups in total. The normalized spacial score (nSPS) is 14.7. The fourth-order valence-electron chi connectivity index (χ4n) is 3.03. The molecule has 3 aromatic rings. The first-order chi connectivity index (χ1) is 16.1. The SMILES string of the molecule is [2H]C([2H])([2H])NC(=O)c1nnc(NC(=O)C2CC2)cc1Nc1cccc(-c2cc(C)no2)c1OC. The predicted octanol–water partition coefficient (Wildman–Crippen LogP) is 2.90. The Morgan fingerprint density at radius 3 is 2.74 bits per heavy atom. The monoisotopic (exact) mass is 425 g/mol. The Hall–Kier alpha value is -3.95. The van der Waals surface area contributed by atoms with Gasteiger partial charge in [-0.2, -0.15) is 0 Å². The molecule has 160 valence electrons. The topological polar surface area (TPSA) is 131 Å². The van der Waals surface area contributed by atoms with E-state index in [0.717, 1.165) is 12.8 Å². The van der Waals surface area contributed by atoms with Crippen molar-refractivity contribution in [3.05, 3.63) is 41.7 Å². The zero-order chi connectivity index (χ0) is 24.5. The molecule has 0 aliphatic heterocycles. The molecule has 4 rings (SSSR count). The molecule has 10 nitrogen and oxygen atoms in total. The van der Waals surface area contributed by atoms with Gasteiger partial charge in [-0.1, -0.05) is 11.2 Å². The number of methoxy groups -OCH3 is 1. The van der Waals surface area contributed by atoms with Crippen LogP contribution in [0.1, 0.15) is 33.1 Å². The number of carbonyl (C=O) groups is 2. The standard InChI is InChI=1S/C21H22N6O4/c1-11-9-16(31-27-11)13-5-4-6-14(19(13)30-3)23-15-10-17(24-20(28)12-7-8-12)25-26-18(15)21(29)22-2/h4-6,9-10,12H,7-8H2,1-3H3,(H,22,29)(H2,23,24,25,28)/i2D3. The lowest BCUT2D eigenvalue weighted by atomic mass is 10.1. The van der Waals surface area contributed by atoms with Crippen molar-refractivity contribution in [1.82, 2.24) is 20.7 Å². The van der Waals surface area contributed by atoms with Crippen LogP contribution >= 0.6 is 0 Å². The molecule has 0 bridgehead atoms. The highest BCUT2D eigenvalue weighted by Crippen LogP contribution is 2.38. The largest absolute Gasteiger partial charge is 0.494 e. The third-order valence-corrected chi connectivity index (χ3v) is 4.70. The van der Waals surface area contributed by atoms with Crippen LogP contribution in [-0.4, -0.2) is 41.3 Å². The Labute approximate surface area is 182 Å². The number of ether oxygens (including phenoxy) is 1. The van der Waals surface area contributed by atoms with E-state index in [2.05, 4.69) is 26.0 Å². The molecular formula is C21H22N6O4. The van der Waals surface area contributed by atoms with Crippen molar-refractivity contribution in [3.63, 3.8) is 0 Å². The minimum Gasteiger partial charge on any atom is -0.494 e. The maximum absolute atomic E-state index is 12.6. The van der Waals surface area contributed by atoms with Crippen molar-refractivity contribution in [2.45, 2.75) is 19.8 Å². The number of nitrogens with zero attached hydrogens (tertiary/aromatic N) is 3. The van der Waals surface area contributed by atoms with Crippen LogP contribution in [0, 0.1) is 12.8 Å². The maximum Gasteiger partial charge on any atom is 0.273 e. The molecule has 10 heteroatoms. The highest BCUT2D eigenvalue weighted by molar-refractivity contribution is 6.00. The van der Waals surface area contributed by atoms with Gasteiger partial charge in [0.25, 0.3) is 5.91 Å². The number of aryl methyl sites for hydroxylation is 1. The number of hydrogen-bond donors (Lipinski definition) is 3. The second kappa shape index (κ2) is 8.42. The van der Waals surface area contributed by atoms with Gasteiger partial charge in [0, 0.05) is 29.1 Å². The summed E-state index contributed by atoms with van der Waals surface area (Å²) < 4.78 is 32.9. The molecule has 0 atom stereocenters. The van der Waals surface area contributed by atoms with Gasteiger partial charge in [0.15, 0.2) is 23.0 Å². The van der Waals surface area contributed by atoms with Gasteiger partial charge < -0.3 is 25.2 Å². The predicted molar refractivity (Wildman–Crippen MR) is 113 cm³/mol. The Morgan fingerprint density at radius 1 is 1.23 bits per heavy atom. The molecule has 2 amide bonds. The third kappa shape index (κ3) is 4.32. The Morgan fingerprint density at radius 2 is 2.06 bits per heavy atom. The number of carbonyl (C=O) groups excluding carboxylic acids is 2. The Kier molecular flexibility index (Phi) is 4.57. The lowest BCUT2D eigenvalue weighted by Gasteiger charge is -2.16. The second-order valence-electron chi connectivity index (χ2n) is 7.05. The van der Waals surface area contributed by atoms with Crippen LogP contribution in [0.4, 0.5) is 17.2 Å². The summed E-state index contributed by atoms with van der Waals surface area (Å²) >= 11 is 0. The van der Waals surface area contributed by atoms with Crippen molar-refractivity contribution >= 4 is 29.0 Å². The van der Waals surface area contributed by atoms with Gasteiger partial charge in [-0.25, -0.2) is 0 Å². The van der Waals surface area contributed by atoms with E-state index in [1.54, 1.807) is 31.2 Å². The fourth-order valence-corrected chi connectivity index (χ4v) is 3.03. The van der Waals surface area contributed by atoms with Gasteiger partial charge in [0.1, 0.15) is 0 Å². The number of nitrogens with one attached hydrogen (secondary N) is 3. The van der Waals surface area contributed by atoms with E-state index in [0.29, 0.717) is 28.5 Å². The summed E-state index contributed by atoms with van der Waals surface area (Å²) in [5.74, 6) is -0.245. The molecule has 0 saturated heterocycles. The van der Waals surface area contributed by atoms with Crippen LogP contribution in [0.15, 0.2) is 34.9 Å². The zero-order valence-electron chi connectivity index (χ0n) is 19.9. The van der Waals surface area contributed by atoms with E-state index < -0.39 is 12.9 Å². The van der Waals surface area contributed by atoms with Gasteiger partial charge in [0.2, 0.25) is 5.91 Å². The van der Waals surface area contributed by atoms with Gasteiger partial charge in [0.05, 0.1) is 29.7 Å². The first kappa shape index (κ1) is 16.8. The van der Waals surface area contributed by atoms with Gasteiger partial charge in [-0.05, 0) is 31.9 Å². The molecule has 1 saturated carbocycles. The van der Waals surface area contributed by atoms with Gasteiger partial charge in [-0.15, -0.1) is 10.2 Å². The lowest BCUT2D eigenvalue weighted by Crippen LogP contribution is -2.22. The highest BCUT2D eigenvalue weighted by atomic mass is 16.5. The average Bonchev–Trinajstić information content (AvgIpc) is 3.53. The van der Waals surface area contributed by atoms with Crippen LogP contribution in [0.25, 0.3) is 11.3 Å². The third-order valence-electron chi connectivity index (χ3n) is 4.70. The number of rotatable bonds is 7. The average molecular weight is 425 g/mol. The molecule has 2 heterocycles. The summed E-state index contributed by atoms with van der Waals surface area (Å²) in [6.45, 7) is -0.936. The molecule has 1 aliphatic rings. The van der Waals surface area contributed by atoms with E-state index in [1.807, 2.05) is 5.32 Å². The number of amides is 2. The molecular weight excluding hydrogens is 400 g/mol. The van der Waals surface area contributed by atoms with E-state index in [9.17, 15) is 9.59 Å². The fraction of sp³-hybridized carbons (Fsp3) is 0.286. The molecule has 1 aromatic carbocycles. The van der Waals surface area contributed by atoms with Crippen LogP contribution in [-0.2, 0) is 4.79 Å². The van der Waals surface area contributed by atoms with Crippen LogP contribution < -0.4 is 20.7 Å². The number of benzene rings is 1. The van der Waals surface area contributed by atoms with Crippen LogP contribution in [0.2, 0.25) is 0 Å². The zero-order valence-corrected chi connectivity index (χ0v) is 16.9. The van der Waals surface area contributed by atoms with E-state index in [1.165, 1.54) is 13.2 Å². The molecule has 0 radical (unpaired) electrons. The van der Waals surface area contributed by atoms with E-state index >= 15 is 0 Å². The Balaban J connectivity index is 1.72. The summed E-state index contributed by atoms with van der Waals surface area (Å²) in [7, 11) is 1.47. The van der Waals surface area contributed by atoms with Crippen molar-refractivity contribution in [2.75, 3.05) is 24.7 Å². The molecule has 31 heavy (non-hydrogen) atoms. The van der Waals surface area contributed by atoms with Crippen molar-refractivity contribution in [1.29, 1.82) is 0 Å². The summed E-state index contributed by atoms with van der Waals surface area (Å²) in [5, 5.41) is 19.2. The second-order valence-corrected chi connectivity index (χ2v) is 7.05. The molecule has 1 fully saturated rings. The molecule has 1 aliphatic carbocycles. The Bertz CT molecular complexity index is 1240. The number of aromatic nitrogens is 3. The maximum atomic E-state index is 12.6. The van der Waals surface area contributed by atoms with Crippen molar-refractivity contribution < 1.29 is 23.0 Å². The smallest absolute Gasteiger partial charge is 0.273 e.